The number of aromatic nitrogens is 2. The molecular weight excluding hydrogens is 792 g/mol. The Kier molecular flexibility index (Phi) is 8.44. The zero-order valence-electron chi connectivity index (χ0n) is 30.4. The molecule has 0 spiro atoms. The van der Waals surface area contributed by atoms with E-state index in [1.165, 1.54) is 12.0 Å². The Hall–Kier alpha value is -4.00. The molecule has 2 aromatic heterocycles. The second kappa shape index (κ2) is 12.8. The third-order valence-electron chi connectivity index (χ3n) is 13.1. The van der Waals surface area contributed by atoms with Crippen LogP contribution in [0.1, 0.15) is 68.9 Å². The number of carbonyl (C=O) groups excluding carboxylic acids is 4. The van der Waals surface area contributed by atoms with E-state index < -0.39 is 40.9 Å². The summed E-state index contributed by atoms with van der Waals surface area (Å²) in [4.78, 5) is 62.4. The molecule has 0 bridgehead atoms. The number of fused-ring (bicyclic) bond motifs is 5. The highest BCUT2D eigenvalue weighted by molar-refractivity contribution is 9.10. The second-order valence-electron chi connectivity index (χ2n) is 15.8. The number of thiophene rings is 1. The van der Waals surface area contributed by atoms with E-state index >= 15 is 4.79 Å². The number of rotatable bonds is 5. The van der Waals surface area contributed by atoms with Gasteiger partial charge in [-0.15, -0.1) is 11.3 Å². The summed E-state index contributed by atoms with van der Waals surface area (Å²) in [5.74, 6) is -3.94. The molecule has 6 unspecified atom stereocenters. The van der Waals surface area contributed by atoms with Gasteiger partial charge in [0.25, 0.3) is 0 Å². The first-order valence-corrected chi connectivity index (χ1v) is 20.6. The number of methoxy groups -OCH3 is 1. The number of phenols is 1. The van der Waals surface area contributed by atoms with E-state index in [9.17, 15) is 19.5 Å². The lowest BCUT2D eigenvalue weighted by Crippen LogP contribution is -2.49. The standard InChI is InChI=1S/C41H40BrClN4O6S/c1-19-25-16-21(43)10-13-31(25)54-36(19)29-18-32(45(3)44-29)47-38(50)28-17-26-23(11-12-24-33(26)39(51)46(37(24)49)22-8-6-5-7-9-22)34(41(28,2)40(47)52)27-14-20(42)15-30(53-4)35(27)48/h10-11,13-16,18,22,24,26,28,33-34,48H,5-9,12,17H2,1-4H3. The SMILES string of the molecule is COc1cc(Br)cc(C2C3=CCC4C(=O)N(C5CCCCC5)C(=O)C4C3CC3C(=O)N(c4cc(-c5sc6ccc(Cl)cc6c5C)nn4C)C(=O)C32C)c1O. The highest BCUT2D eigenvalue weighted by atomic mass is 79.9. The number of carbonyl (C=O) groups is 4. The van der Waals surface area contributed by atoms with Crippen molar-refractivity contribution in [2.24, 2.45) is 36.1 Å². The maximum absolute atomic E-state index is 15.2. The number of anilines is 1. The van der Waals surface area contributed by atoms with Crippen LogP contribution in [-0.2, 0) is 26.2 Å². The average Bonchev–Trinajstić information content (AvgIpc) is 3.83. The molecule has 280 valence electrons. The van der Waals surface area contributed by atoms with Gasteiger partial charge in [-0.05, 0) is 86.7 Å². The van der Waals surface area contributed by atoms with Crippen LogP contribution in [0, 0.1) is 36.0 Å². The highest BCUT2D eigenvalue weighted by Gasteiger charge is 2.68. The van der Waals surface area contributed by atoms with Gasteiger partial charge in [-0.1, -0.05) is 58.4 Å². The second-order valence-corrected chi connectivity index (χ2v) is 18.2. The first-order chi connectivity index (χ1) is 25.8. The summed E-state index contributed by atoms with van der Waals surface area (Å²) in [5.41, 5.74) is 1.53. The van der Waals surface area contributed by atoms with Crippen LogP contribution < -0.4 is 9.64 Å². The zero-order chi connectivity index (χ0) is 38.0. The van der Waals surface area contributed by atoms with Gasteiger partial charge in [-0.2, -0.15) is 5.10 Å². The smallest absolute Gasteiger partial charge is 0.242 e. The van der Waals surface area contributed by atoms with E-state index in [-0.39, 0.29) is 41.7 Å². The average molecular weight is 832 g/mol. The Bertz CT molecular complexity index is 2350. The number of hydrogen-bond donors (Lipinski definition) is 1. The summed E-state index contributed by atoms with van der Waals surface area (Å²) in [7, 11) is 3.19. The number of likely N-dealkylation sites (tertiary alicyclic amines) is 1. The molecule has 1 N–H and O–H groups in total. The predicted molar refractivity (Wildman–Crippen MR) is 209 cm³/mol. The van der Waals surface area contributed by atoms with E-state index in [1.807, 2.05) is 38.1 Å². The number of nitrogens with zero attached hydrogens (tertiary/aromatic N) is 4. The van der Waals surface area contributed by atoms with E-state index in [1.54, 1.807) is 46.2 Å². The van der Waals surface area contributed by atoms with E-state index in [2.05, 4.69) is 15.9 Å². The fourth-order valence-electron chi connectivity index (χ4n) is 10.5. The van der Waals surface area contributed by atoms with Crippen molar-refractivity contribution in [1.82, 2.24) is 14.7 Å². The van der Waals surface area contributed by atoms with Crippen molar-refractivity contribution in [1.29, 1.82) is 0 Å². The summed E-state index contributed by atoms with van der Waals surface area (Å²) in [6.45, 7) is 3.82. The van der Waals surface area contributed by atoms with Crippen molar-refractivity contribution < 1.29 is 29.0 Å². The number of ether oxygens (including phenoxy) is 1. The lowest BCUT2D eigenvalue weighted by atomic mass is 9.51. The van der Waals surface area contributed by atoms with Gasteiger partial charge in [0.2, 0.25) is 23.6 Å². The first-order valence-electron chi connectivity index (χ1n) is 18.6. The number of benzene rings is 2. The van der Waals surface area contributed by atoms with Crippen molar-refractivity contribution in [3.63, 3.8) is 0 Å². The molecule has 3 aliphatic carbocycles. The molecule has 4 heterocycles. The molecule has 5 aliphatic rings. The highest BCUT2D eigenvalue weighted by Crippen LogP contribution is 2.65. The number of hydrogen-bond acceptors (Lipinski definition) is 8. The number of allylic oxidation sites excluding steroid dienone is 2. The molecule has 6 atom stereocenters. The fraction of sp³-hybridized carbons (Fsp3) is 0.439. The molecule has 2 aliphatic heterocycles. The van der Waals surface area contributed by atoms with Crippen molar-refractivity contribution >= 4 is 78.4 Å². The Balaban J connectivity index is 1.17. The van der Waals surface area contributed by atoms with Gasteiger partial charge in [0.05, 0.1) is 35.2 Å². The lowest BCUT2D eigenvalue weighted by Gasteiger charge is -2.49. The summed E-state index contributed by atoms with van der Waals surface area (Å²) in [6, 6.07) is 10.9. The van der Waals surface area contributed by atoms with Crippen molar-refractivity contribution in [3.05, 3.63) is 68.7 Å². The van der Waals surface area contributed by atoms with Crippen molar-refractivity contribution in [2.75, 3.05) is 12.0 Å². The number of aryl methyl sites for hydroxylation is 2. The molecule has 9 rings (SSSR count). The molecule has 4 fully saturated rings. The Morgan fingerprint density at radius 3 is 2.52 bits per heavy atom. The Labute approximate surface area is 330 Å². The summed E-state index contributed by atoms with van der Waals surface area (Å²) < 4.78 is 8.82. The van der Waals surface area contributed by atoms with Gasteiger partial charge in [0.1, 0.15) is 11.5 Å². The van der Waals surface area contributed by atoms with Gasteiger partial charge >= 0.3 is 0 Å². The lowest BCUT2D eigenvalue weighted by molar-refractivity contribution is -0.144. The molecule has 2 saturated carbocycles. The van der Waals surface area contributed by atoms with Crippen LogP contribution in [0.2, 0.25) is 5.02 Å². The zero-order valence-corrected chi connectivity index (χ0v) is 33.6. The van der Waals surface area contributed by atoms with Crippen molar-refractivity contribution in [3.8, 4) is 22.1 Å². The van der Waals surface area contributed by atoms with Gasteiger partial charge in [-0.3, -0.25) is 28.8 Å². The molecule has 4 amide bonds. The van der Waals surface area contributed by atoms with E-state index in [0.717, 1.165) is 58.2 Å². The van der Waals surface area contributed by atoms with Crippen LogP contribution in [0.4, 0.5) is 5.82 Å². The summed E-state index contributed by atoms with van der Waals surface area (Å²) >= 11 is 11.5. The number of aromatic hydroxyl groups is 1. The quantitative estimate of drug-likeness (QED) is 0.159. The normalized spacial score (nSPS) is 28.5. The van der Waals surface area contributed by atoms with Gasteiger partial charge in [-0.25, -0.2) is 4.90 Å². The van der Waals surface area contributed by atoms with Crippen LogP contribution in [0.25, 0.3) is 20.7 Å². The molecule has 2 aromatic carbocycles. The molecule has 2 saturated heterocycles. The molecular formula is C41H40BrClN4O6S. The third-order valence-corrected chi connectivity index (χ3v) is 15.1. The molecule has 10 nitrogen and oxygen atoms in total. The first kappa shape index (κ1) is 35.7. The number of halogens is 2. The van der Waals surface area contributed by atoms with E-state index in [4.69, 9.17) is 21.4 Å². The topological polar surface area (TPSA) is 122 Å². The van der Waals surface area contributed by atoms with E-state index in [0.29, 0.717) is 33.0 Å². The minimum absolute atomic E-state index is 0.110. The van der Waals surface area contributed by atoms with Crippen LogP contribution in [0.3, 0.4) is 0 Å². The maximum Gasteiger partial charge on any atom is 0.242 e. The third kappa shape index (κ3) is 4.97. The number of amides is 4. The van der Waals surface area contributed by atoms with Crippen LogP contribution in [0.5, 0.6) is 11.5 Å². The molecule has 4 aromatic rings. The molecule has 13 heteroatoms. The number of imide groups is 2. The van der Waals surface area contributed by atoms with Crippen LogP contribution >= 0.6 is 38.9 Å². The van der Waals surface area contributed by atoms with Crippen molar-refractivity contribution in [2.45, 2.75) is 70.8 Å². The summed E-state index contributed by atoms with van der Waals surface area (Å²) in [5, 5.41) is 18.2. The minimum Gasteiger partial charge on any atom is -0.504 e. The minimum atomic E-state index is -1.35. The van der Waals surface area contributed by atoms with Crippen LogP contribution in [0.15, 0.2) is 52.5 Å². The van der Waals surface area contributed by atoms with Gasteiger partial charge < -0.3 is 9.84 Å². The predicted octanol–water partition coefficient (Wildman–Crippen LogP) is 8.30. The maximum atomic E-state index is 15.2. The largest absolute Gasteiger partial charge is 0.504 e. The molecule has 0 radical (unpaired) electrons. The monoisotopic (exact) mass is 830 g/mol. The Morgan fingerprint density at radius 2 is 1.78 bits per heavy atom. The Morgan fingerprint density at radius 1 is 1.02 bits per heavy atom. The van der Waals surface area contributed by atoms with Crippen LogP contribution in [-0.4, -0.2) is 56.6 Å². The fourth-order valence-corrected chi connectivity index (χ4v) is 12.3. The summed E-state index contributed by atoms with van der Waals surface area (Å²) in [6.07, 6.45) is 7.26. The van der Waals surface area contributed by atoms with Gasteiger partial charge in [0.15, 0.2) is 11.5 Å². The number of phenolic OH excluding ortho intramolecular Hbond substituents is 1. The molecule has 54 heavy (non-hydrogen) atoms. The van der Waals surface area contributed by atoms with Gasteiger partial charge in [0, 0.05) is 44.8 Å².